The predicted molar refractivity (Wildman–Crippen MR) is 48.1 cm³/mol. The van der Waals surface area contributed by atoms with Crippen molar-refractivity contribution in [3.63, 3.8) is 0 Å². The van der Waals surface area contributed by atoms with Crippen LogP contribution in [0.1, 0.15) is 10.4 Å². The Kier molecular flexibility index (Phi) is 3.70. The van der Waals surface area contributed by atoms with E-state index in [2.05, 4.69) is 0 Å². The van der Waals surface area contributed by atoms with Crippen LogP contribution in [0.15, 0.2) is 30.3 Å². The SMILES string of the molecule is O=C(NS(=O)C(F)F)c1ccccc1. The van der Waals surface area contributed by atoms with E-state index in [1.165, 1.54) is 12.1 Å². The molecule has 0 saturated heterocycles. The topological polar surface area (TPSA) is 46.2 Å². The number of alkyl halides is 2. The van der Waals surface area contributed by atoms with Gasteiger partial charge in [-0.2, -0.15) is 8.78 Å². The lowest BCUT2D eigenvalue weighted by Gasteiger charge is -2.02. The predicted octanol–water partition coefficient (Wildman–Crippen LogP) is 1.30. The first-order valence-corrected chi connectivity index (χ1v) is 4.87. The molecule has 1 unspecified atom stereocenters. The van der Waals surface area contributed by atoms with Gasteiger partial charge in [0, 0.05) is 5.56 Å². The molecular formula is C8H7F2NO2S. The third-order valence-electron chi connectivity index (χ3n) is 1.39. The fraction of sp³-hybridized carbons (Fsp3) is 0.125. The van der Waals surface area contributed by atoms with Crippen LogP contribution in [0.25, 0.3) is 0 Å². The summed E-state index contributed by atoms with van der Waals surface area (Å²) < 4.78 is 35.8. The Balaban J connectivity index is 2.65. The molecule has 76 valence electrons. The summed E-state index contributed by atoms with van der Waals surface area (Å²) in [7, 11) is -2.64. The summed E-state index contributed by atoms with van der Waals surface area (Å²) in [4.78, 5) is 11.1. The molecule has 14 heavy (non-hydrogen) atoms. The van der Waals surface area contributed by atoms with Gasteiger partial charge >= 0.3 is 5.76 Å². The molecule has 0 aromatic heterocycles. The van der Waals surface area contributed by atoms with Crippen LogP contribution in [0.4, 0.5) is 8.78 Å². The summed E-state index contributed by atoms with van der Waals surface area (Å²) in [6, 6.07) is 7.73. The van der Waals surface area contributed by atoms with E-state index in [1.54, 1.807) is 22.9 Å². The fourth-order valence-corrected chi connectivity index (χ4v) is 1.17. The smallest absolute Gasteiger partial charge is 0.268 e. The molecule has 0 aliphatic rings. The molecule has 1 aromatic rings. The number of halogens is 2. The van der Waals surface area contributed by atoms with Crippen molar-refractivity contribution in [2.45, 2.75) is 5.76 Å². The number of benzene rings is 1. The molecule has 6 heteroatoms. The minimum Gasteiger partial charge on any atom is -0.268 e. The van der Waals surface area contributed by atoms with Gasteiger partial charge in [-0.3, -0.25) is 9.52 Å². The van der Waals surface area contributed by atoms with E-state index in [-0.39, 0.29) is 5.56 Å². The molecule has 0 aliphatic heterocycles. The maximum atomic E-state index is 11.8. The van der Waals surface area contributed by atoms with Crippen LogP contribution in [-0.4, -0.2) is 15.9 Å². The van der Waals surface area contributed by atoms with Crippen molar-refractivity contribution in [3.05, 3.63) is 35.9 Å². The van der Waals surface area contributed by atoms with Gasteiger partial charge in [-0.25, -0.2) is 4.21 Å². The minimum atomic E-state index is -3.07. The summed E-state index contributed by atoms with van der Waals surface area (Å²) >= 11 is 0. The number of amides is 1. The van der Waals surface area contributed by atoms with Gasteiger partial charge in [0.2, 0.25) is 0 Å². The normalized spacial score (nSPS) is 12.5. The van der Waals surface area contributed by atoms with Crippen LogP contribution in [0.2, 0.25) is 0 Å². The van der Waals surface area contributed by atoms with Gasteiger partial charge in [-0.15, -0.1) is 0 Å². The van der Waals surface area contributed by atoms with Crippen molar-refractivity contribution in [2.75, 3.05) is 0 Å². The van der Waals surface area contributed by atoms with Gasteiger partial charge in [0.15, 0.2) is 11.0 Å². The molecular weight excluding hydrogens is 212 g/mol. The number of carbonyl (C=O) groups is 1. The van der Waals surface area contributed by atoms with E-state index in [0.29, 0.717) is 0 Å². The van der Waals surface area contributed by atoms with Gasteiger partial charge in [0.05, 0.1) is 0 Å². The maximum Gasteiger partial charge on any atom is 0.330 e. The number of rotatable bonds is 3. The van der Waals surface area contributed by atoms with Crippen LogP contribution < -0.4 is 4.72 Å². The van der Waals surface area contributed by atoms with Gasteiger partial charge < -0.3 is 0 Å². The highest BCUT2D eigenvalue weighted by Crippen LogP contribution is 2.01. The summed E-state index contributed by atoms with van der Waals surface area (Å²) in [6.45, 7) is 0. The highest BCUT2D eigenvalue weighted by Gasteiger charge is 2.16. The lowest BCUT2D eigenvalue weighted by molar-refractivity contribution is 0.0979. The van der Waals surface area contributed by atoms with Gasteiger partial charge in [-0.05, 0) is 12.1 Å². The van der Waals surface area contributed by atoms with E-state index in [0.717, 1.165) is 0 Å². The number of hydrogen-bond donors (Lipinski definition) is 1. The van der Waals surface area contributed by atoms with Gasteiger partial charge in [0.25, 0.3) is 5.91 Å². The van der Waals surface area contributed by atoms with E-state index >= 15 is 0 Å². The molecule has 1 aromatic carbocycles. The molecule has 0 fully saturated rings. The van der Waals surface area contributed by atoms with Crippen molar-refractivity contribution >= 4 is 16.9 Å². The van der Waals surface area contributed by atoms with Crippen LogP contribution in [-0.2, 0) is 11.0 Å². The van der Waals surface area contributed by atoms with Crippen molar-refractivity contribution in [2.24, 2.45) is 0 Å². The Morgan fingerprint density at radius 1 is 1.29 bits per heavy atom. The molecule has 1 rings (SSSR count). The first-order chi connectivity index (χ1) is 6.61. The zero-order valence-electron chi connectivity index (χ0n) is 6.94. The van der Waals surface area contributed by atoms with E-state index in [9.17, 15) is 17.8 Å². The summed E-state index contributed by atoms with van der Waals surface area (Å²) in [6.07, 6.45) is 0. The lowest BCUT2D eigenvalue weighted by Crippen LogP contribution is -2.29. The molecule has 1 amide bonds. The molecule has 1 N–H and O–H groups in total. The molecule has 1 atom stereocenters. The molecule has 0 heterocycles. The summed E-state index contributed by atoms with van der Waals surface area (Å²) in [5.41, 5.74) is 0.196. The van der Waals surface area contributed by atoms with Crippen LogP contribution >= 0.6 is 0 Å². The molecule has 0 saturated carbocycles. The summed E-state index contributed by atoms with van der Waals surface area (Å²) in [5.74, 6) is -3.84. The van der Waals surface area contributed by atoms with Gasteiger partial charge in [0.1, 0.15) is 0 Å². The van der Waals surface area contributed by atoms with Crippen molar-refractivity contribution in [3.8, 4) is 0 Å². The second-order valence-electron chi connectivity index (χ2n) is 2.36. The zero-order chi connectivity index (χ0) is 10.6. The average Bonchev–Trinajstić information content (AvgIpc) is 2.19. The molecule has 0 radical (unpaired) electrons. The Morgan fingerprint density at radius 2 is 1.86 bits per heavy atom. The van der Waals surface area contributed by atoms with Crippen LogP contribution in [0.3, 0.4) is 0 Å². The zero-order valence-corrected chi connectivity index (χ0v) is 7.76. The monoisotopic (exact) mass is 219 g/mol. The lowest BCUT2D eigenvalue weighted by atomic mass is 10.2. The average molecular weight is 219 g/mol. The van der Waals surface area contributed by atoms with Crippen molar-refractivity contribution < 1.29 is 17.8 Å². The fourth-order valence-electron chi connectivity index (χ4n) is 0.784. The maximum absolute atomic E-state index is 11.8. The first-order valence-electron chi connectivity index (χ1n) is 3.66. The number of nitrogens with one attached hydrogen (secondary N) is 1. The van der Waals surface area contributed by atoms with Crippen molar-refractivity contribution in [1.29, 1.82) is 0 Å². The number of carbonyl (C=O) groups excluding carboxylic acids is 1. The largest absolute Gasteiger partial charge is 0.330 e. The summed E-state index contributed by atoms with van der Waals surface area (Å²) in [5, 5.41) is 0. The van der Waals surface area contributed by atoms with Gasteiger partial charge in [-0.1, -0.05) is 18.2 Å². The molecule has 0 bridgehead atoms. The van der Waals surface area contributed by atoms with E-state index in [4.69, 9.17) is 0 Å². The Bertz CT molecular complexity index is 342. The van der Waals surface area contributed by atoms with Crippen LogP contribution in [0, 0.1) is 0 Å². The quantitative estimate of drug-likeness (QED) is 0.832. The molecule has 3 nitrogen and oxygen atoms in total. The Morgan fingerprint density at radius 3 is 2.36 bits per heavy atom. The minimum absolute atomic E-state index is 0.196. The molecule has 0 spiro atoms. The van der Waals surface area contributed by atoms with E-state index < -0.39 is 22.7 Å². The second kappa shape index (κ2) is 4.80. The third kappa shape index (κ3) is 2.88. The van der Waals surface area contributed by atoms with Crippen molar-refractivity contribution in [1.82, 2.24) is 4.72 Å². The highest BCUT2D eigenvalue weighted by atomic mass is 32.2. The number of hydrogen-bond acceptors (Lipinski definition) is 2. The highest BCUT2D eigenvalue weighted by molar-refractivity contribution is 7.83. The Labute approximate surface area is 81.7 Å². The van der Waals surface area contributed by atoms with Crippen LogP contribution in [0.5, 0.6) is 0 Å². The standard InChI is InChI=1S/C8H7F2NO2S/c9-8(10)14(13)11-7(12)6-4-2-1-3-5-6/h1-5,8H,(H,11,12). The molecule has 0 aliphatic carbocycles. The van der Waals surface area contributed by atoms with E-state index in [1.807, 2.05) is 0 Å². The first kappa shape index (κ1) is 10.8. The Hall–Kier alpha value is -1.30. The third-order valence-corrected chi connectivity index (χ3v) is 2.10. The second-order valence-corrected chi connectivity index (χ2v) is 3.51.